The summed E-state index contributed by atoms with van der Waals surface area (Å²) in [5.41, 5.74) is 8.84. The number of halogens is 1. The fourth-order valence-electron chi connectivity index (χ4n) is 1.63. The fraction of sp³-hybridized carbons (Fsp3) is 0.364. The Balaban J connectivity index is 2.59. The molecule has 0 radical (unpaired) electrons. The summed E-state index contributed by atoms with van der Waals surface area (Å²) in [5.74, 6) is 0.512. The number of hydrogen-bond donors (Lipinski definition) is 1. The van der Waals surface area contributed by atoms with Crippen molar-refractivity contribution in [1.29, 1.82) is 0 Å². The molecule has 2 N–H and O–H groups in total. The zero-order valence-electron chi connectivity index (χ0n) is 10.0. The van der Waals surface area contributed by atoms with Crippen molar-refractivity contribution >= 4 is 11.6 Å². The van der Waals surface area contributed by atoms with Crippen LogP contribution in [0.2, 0.25) is 5.02 Å². The van der Waals surface area contributed by atoms with E-state index < -0.39 is 0 Å². The number of nitrogens with zero attached hydrogens (tertiary/aromatic N) is 4. The monoisotopic (exact) mass is 251 g/mol. The van der Waals surface area contributed by atoms with Crippen LogP contribution in [-0.4, -0.2) is 19.7 Å². The predicted octanol–water partition coefficient (Wildman–Crippen LogP) is 1.70. The van der Waals surface area contributed by atoms with Crippen molar-refractivity contribution in [3.05, 3.63) is 33.9 Å². The van der Waals surface area contributed by atoms with E-state index in [4.69, 9.17) is 17.3 Å². The highest BCUT2D eigenvalue weighted by atomic mass is 35.5. The van der Waals surface area contributed by atoms with E-state index in [0.717, 1.165) is 22.8 Å². The van der Waals surface area contributed by atoms with E-state index in [-0.39, 0.29) is 0 Å². The van der Waals surface area contributed by atoms with Gasteiger partial charge in [0.1, 0.15) is 0 Å². The molecular formula is C11H14ClN5. The maximum Gasteiger partial charge on any atom is 0.251 e. The molecule has 0 aromatic carbocycles. The number of hydrogen-bond acceptors (Lipinski definition) is 4. The van der Waals surface area contributed by atoms with E-state index >= 15 is 0 Å². The van der Waals surface area contributed by atoms with Gasteiger partial charge in [0.25, 0.3) is 5.95 Å². The molecule has 5 nitrogen and oxygen atoms in total. The van der Waals surface area contributed by atoms with Crippen LogP contribution in [0.1, 0.15) is 22.8 Å². The lowest BCUT2D eigenvalue weighted by Gasteiger charge is -2.05. The normalized spacial score (nSPS) is 10.9. The fourth-order valence-corrected chi connectivity index (χ4v) is 1.75. The number of rotatable bonds is 2. The first-order valence-electron chi connectivity index (χ1n) is 5.29. The molecular weight excluding hydrogens is 238 g/mol. The highest BCUT2D eigenvalue weighted by Gasteiger charge is 2.13. The Bertz CT molecular complexity index is 561. The Labute approximate surface area is 105 Å². The lowest BCUT2D eigenvalue weighted by molar-refractivity contribution is 0.755. The third-order valence-corrected chi connectivity index (χ3v) is 3.04. The molecule has 0 atom stereocenters. The van der Waals surface area contributed by atoms with Crippen molar-refractivity contribution < 1.29 is 0 Å². The Hall–Kier alpha value is -1.46. The minimum atomic E-state index is 0.378. The topological polar surface area (TPSA) is 69.6 Å². The molecule has 0 bridgehead atoms. The summed E-state index contributed by atoms with van der Waals surface area (Å²) in [5, 5.41) is 4.96. The summed E-state index contributed by atoms with van der Waals surface area (Å²) in [6.45, 7) is 6.02. The van der Waals surface area contributed by atoms with Gasteiger partial charge in [-0.25, -0.2) is 14.6 Å². The molecule has 2 aromatic rings. The number of nitrogens with two attached hydrogens (primary N) is 1. The highest BCUT2D eigenvalue weighted by molar-refractivity contribution is 6.31. The molecule has 0 aliphatic carbocycles. The average Bonchev–Trinajstić information content (AvgIpc) is 2.56. The van der Waals surface area contributed by atoms with Crippen molar-refractivity contribution in [2.24, 2.45) is 5.73 Å². The molecule has 0 spiro atoms. The Morgan fingerprint density at radius 3 is 2.53 bits per heavy atom. The lowest BCUT2D eigenvalue weighted by Crippen LogP contribution is -2.10. The van der Waals surface area contributed by atoms with E-state index in [1.165, 1.54) is 0 Å². The van der Waals surface area contributed by atoms with Gasteiger partial charge in [-0.05, 0) is 26.8 Å². The second kappa shape index (κ2) is 4.43. The van der Waals surface area contributed by atoms with Gasteiger partial charge < -0.3 is 5.73 Å². The van der Waals surface area contributed by atoms with Gasteiger partial charge in [-0.15, -0.1) is 0 Å². The molecule has 90 valence electrons. The maximum absolute atomic E-state index is 6.10. The number of aryl methyl sites for hydroxylation is 2. The Morgan fingerprint density at radius 2 is 2.00 bits per heavy atom. The molecule has 6 heteroatoms. The first kappa shape index (κ1) is 12.0. The zero-order valence-corrected chi connectivity index (χ0v) is 10.8. The van der Waals surface area contributed by atoms with Crippen molar-refractivity contribution in [2.45, 2.75) is 27.3 Å². The van der Waals surface area contributed by atoms with Gasteiger partial charge in [0.15, 0.2) is 0 Å². The smallest absolute Gasteiger partial charge is 0.251 e. The van der Waals surface area contributed by atoms with Gasteiger partial charge in [-0.3, -0.25) is 0 Å². The second-order valence-electron chi connectivity index (χ2n) is 3.90. The second-order valence-corrected chi connectivity index (χ2v) is 4.28. The summed E-state index contributed by atoms with van der Waals surface area (Å²) in [4.78, 5) is 8.69. The summed E-state index contributed by atoms with van der Waals surface area (Å²) >= 11 is 6.10. The molecule has 0 aliphatic rings. The van der Waals surface area contributed by atoms with Crippen molar-refractivity contribution in [1.82, 2.24) is 19.7 Å². The zero-order chi connectivity index (χ0) is 12.6. The van der Waals surface area contributed by atoms with Gasteiger partial charge in [-0.2, -0.15) is 5.10 Å². The lowest BCUT2D eigenvalue weighted by atomic mass is 10.3. The van der Waals surface area contributed by atoms with E-state index in [9.17, 15) is 0 Å². The van der Waals surface area contributed by atoms with Crippen LogP contribution in [0.15, 0.2) is 6.07 Å². The van der Waals surface area contributed by atoms with Crippen LogP contribution in [-0.2, 0) is 6.54 Å². The van der Waals surface area contributed by atoms with Crippen LogP contribution in [0.25, 0.3) is 5.95 Å². The third-order valence-electron chi connectivity index (χ3n) is 2.50. The van der Waals surface area contributed by atoms with Crippen LogP contribution < -0.4 is 5.73 Å². The number of aromatic nitrogens is 4. The molecule has 0 fully saturated rings. The van der Waals surface area contributed by atoms with Gasteiger partial charge in [0, 0.05) is 12.2 Å². The van der Waals surface area contributed by atoms with Crippen LogP contribution in [0.5, 0.6) is 0 Å². The summed E-state index contributed by atoms with van der Waals surface area (Å²) in [7, 11) is 0. The summed E-state index contributed by atoms with van der Waals surface area (Å²) < 4.78 is 1.64. The Kier molecular flexibility index (Phi) is 3.13. The van der Waals surface area contributed by atoms with Gasteiger partial charge >= 0.3 is 0 Å². The summed E-state index contributed by atoms with van der Waals surface area (Å²) in [6.07, 6.45) is 0. The van der Waals surface area contributed by atoms with Gasteiger partial charge in [0.05, 0.1) is 22.1 Å². The van der Waals surface area contributed by atoms with Crippen molar-refractivity contribution in [3.63, 3.8) is 0 Å². The average molecular weight is 252 g/mol. The van der Waals surface area contributed by atoms with Crippen LogP contribution in [0.4, 0.5) is 0 Å². The van der Waals surface area contributed by atoms with Gasteiger partial charge in [0.2, 0.25) is 0 Å². The molecule has 0 unspecified atom stereocenters. The summed E-state index contributed by atoms with van der Waals surface area (Å²) in [6, 6.07) is 1.86. The molecule has 2 rings (SSSR count). The van der Waals surface area contributed by atoms with Crippen LogP contribution >= 0.6 is 11.6 Å². The van der Waals surface area contributed by atoms with E-state index in [0.29, 0.717) is 17.5 Å². The quantitative estimate of drug-likeness (QED) is 0.882. The van der Waals surface area contributed by atoms with Crippen molar-refractivity contribution in [3.8, 4) is 5.95 Å². The molecule has 2 aromatic heterocycles. The SMILES string of the molecule is Cc1cc(CN)nc(-n2nc(C)c(Cl)c2C)n1. The standard InChI is InChI=1S/C11H14ClN5/c1-6-4-9(5-13)15-11(14-6)17-8(3)10(12)7(2)16-17/h4H,5,13H2,1-3H3. The molecule has 2 heterocycles. The first-order valence-corrected chi connectivity index (χ1v) is 5.67. The Morgan fingerprint density at radius 1 is 1.29 bits per heavy atom. The minimum Gasteiger partial charge on any atom is -0.325 e. The largest absolute Gasteiger partial charge is 0.325 e. The molecule has 0 aliphatic heterocycles. The van der Waals surface area contributed by atoms with Crippen LogP contribution in [0.3, 0.4) is 0 Å². The van der Waals surface area contributed by atoms with Crippen molar-refractivity contribution in [2.75, 3.05) is 0 Å². The van der Waals surface area contributed by atoms with Crippen LogP contribution in [0, 0.1) is 20.8 Å². The maximum atomic E-state index is 6.10. The molecule has 17 heavy (non-hydrogen) atoms. The molecule has 0 saturated carbocycles. The van der Waals surface area contributed by atoms with E-state index in [1.54, 1.807) is 4.68 Å². The predicted molar refractivity (Wildman–Crippen MR) is 66.3 cm³/mol. The third kappa shape index (κ3) is 2.16. The van der Waals surface area contributed by atoms with Gasteiger partial charge in [-0.1, -0.05) is 11.6 Å². The first-order chi connectivity index (χ1) is 8.02. The molecule has 0 saturated heterocycles. The van der Waals surface area contributed by atoms with E-state index in [2.05, 4.69) is 15.1 Å². The molecule has 0 amide bonds. The highest BCUT2D eigenvalue weighted by Crippen LogP contribution is 2.21. The minimum absolute atomic E-state index is 0.378. The van der Waals surface area contributed by atoms with E-state index in [1.807, 2.05) is 26.8 Å².